The van der Waals surface area contributed by atoms with Gasteiger partial charge in [0.2, 0.25) is 10.0 Å². The molecule has 162 valence electrons. The molecule has 3 heterocycles. The van der Waals surface area contributed by atoms with Crippen LogP contribution in [0.1, 0.15) is 23.0 Å². The Hall–Kier alpha value is -2.89. The molecule has 1 aliphatic rings. The van der Waals surface area contributed by atoms with Crippen molar-refractivity contribution in [1.29, 1.82) is 0 Å². The number of hydrogen-bond acceptors (Lipinski definition) is 7. The molecule has 0 bridgehead atoms. The van der Waals surface area contributed by atoms with Gasteiger partial charge < -0.3 is 9.64 Å². The summed E-state index contributed by atoms with van der Waals surface area (Å²) in [6.45, 7) is 1.38. The molecule has 0 aliphatic carbocycles. The number of esters is 1. The Bertz CT molecular complexity index is 1300. The number of nitrogens with zero attached hydrogens (tertiary/aromatic N) is 3. The number of amides is 1. The largest absolute Gasteiger partial charge is 0.451 e. The smallest absolute Gasteiger partial charge is 0.359 e. The Morgan fingerprint density at radius 3 is 2.77 bits per heavy atom. The lowest BCUT2D eigenvalue weighted by Gasteiger charge is -2.22. The molecule has 1 unspecified atom stereocenters. The van der Waals surface area contributed by atoms with E-state index in [4.69, 9.17) is 9.88 Å². The zero-order chi connectivity index (χ0) is 22.3. The van der Waals surface area contributed by atoms with Crippen LogP contribution in [0.2, 0.25) is 0 Å². The lowest BCUT2D eigenvalue weighted by atomic mass is 10.1. The number of carbonyl (C=O) groups is 2. The summed E-state index contributed by atoms with van der Waals surface area (Å²) in [6, 6.07) is 9.55. The van der Waals surface area contributed by atoms with Crippen LogP contribution in [0.25, 0.3) is 5.52 Å². The van der Waals surface area contributed by atoms with Gasteiger partial charge in [0.1, 0.15) is 0 Å². The Morgan fingerprint density at radius 2 is 2.06 bits per heavy atom. The number of pyridine rings is 1. The Labute approximate surface area is 183 Å². The standard InChI is InChI=1S/C20H20N4O5S2/c1-12-9-13-10-14(31(21,27)28)6-7-15(13)24(12)17(25)11-29-19(26)18-16-5-3-4-8-23(16)20(22-18)30-2/h3-8,10,12H,9,11H2,1-2H3,(H2,21,27,28). The van der Waals surface area contributed by atoms with Gasteiger partial charge in [0.15, 0.2) is 17.5 Å². The first-order valence-corrected chi connectivity index (χ1v) is 12.1. The molecule has 0 fully saturated rings. The highest BCUT2D eigenvalue weighted by molar-refractivity contribution is 7.98. The first-order chi connectivity index (χ1) is 14.7. The van der Waals surface area contributed by atoms with E-state index in [-0.39, 0.29) is 16.6 Å². The number of rotatable bonds is 5. The molecular formula is C20H20N4O5S2. The molecule has 1 amide bonds. The first-order valence-electron chi connectivity index (χ1n) is 9.36. The monoisotopic (exact) mass is 460 g/mol. The summed E-state index contributed by atoms with van der Waals surface area (Å²) in [7, 11) is -3.83. The average molecular weight is 461 g/mol. The van der Waals surface area contributed by atoms with Crippen molar-refractivity contribution in [3.63, 3.8) is 0 Å². The van der Waals surface area contributed by atoms with Crippen molar-refractivity contribution in [2.24, 2.45) is 5.14 Å². The van der Waals surface area contributed by atoms with Crippen LogP contribution in [0.3, 0.4) is 0 Å². The quantitative estimate of drug-likeness (QED) is 0.455. The van der Waals surface area contributed by atoms with E-state index in [1.165, 1.54) is 28.8 Å². The van der Waals surface area contributed by atoms with Crippen LogP contribution in [0.15, 0.2) is 52.6 Å². The molecular weight excluding hydrogens is 440 g/mol. The maximum atomic E-state index is 12.8. The molecule has 11 heteroatoms. The van der Waals surface area contributed by atoms with Gasteiger partial charge in [-0.3, -0.25) is 9.20 Å². The van der Waals surface area contributed by atoms with Crippen molar-refractivity contribution in [3.05, 3.63) is 53.9 Å². The predicted molar refractivity (Wildman–Crippen MR) is 116 cm³/mol. The van der Waals surface area contributed by atoms with Gasteiger partial charge in [-0.05, 0) is 55.5 Å². The molecule has 9 nitrogen and oxygen atoms in total. The number of sulfonamides is 1. The van der Waals surface area contributed by atoms with Crippen molar-refractivity contribution in [2.45, 2.75) is 29.4 Å². The van der Waals surface area contributed by atoms with Gasteiger partial charge in [-0.15, -0.1) is 0 Å². The molecule has 1 atom stereocenters. The van der Waals surface area contributed by atoms with Crippen molar-refractivity contribution < 1.29 is 22.7 Å². The minimum atomic E-state index is -3.83. The number of primary sulfonamides is 1. The van der Waals surface area contributed by atoms with E-state index >= 15 is 0 Å². The summed E-state index contributed by atoms with van der Waals surface area (Å²) in [5.41, 5.74) is 2.02. The van der Waals surface area contributed by atoms with E-state index in [1.807, 2.05) is 19.2 Å². The normalized spacial score (nSPS) is 15.8. The third-order valence-corrected chi connectivity index (χ3v) is 6.65. The molecule has 2 N–H and O–H groups in total. The highest BCUT2D eigenvalue weighted by atomic mass is 32.2. The minimum absolute atomic E-state index is 0.00423. The van der Waals surface area contributed by atoms with E-state index in [0.29, 0.717) is 28.3 Å². The molecule has 0 saturated carbocycles. The average Bonchev–Trinajstić information content (AvgIpc) is 3.27. The van der Waals surface area contributed by atoms with Crippen molar-refractivity contribution in [1.82, 2.24) is 9.38 Å². The zero-order valence-electron chi connectivity index (χ0n) is 16.8. The number of imidazole rings is 1. The van der Waals surface area contributed by atoms with Gasteiger partial charge in [0.05, 0.1) is 10.4 Å². The maximum absolute atomic E-state index is 12.8. The topological polar surface area (TPSA) is 124 Å². The van der Waals surface area contributed by atoms with Crippen molar-refractivity contribution in [3.8, 4) is 0 Å². The Balaban J connectivity index is 1.52. The van der Waals surface area contributed by atoms with Crippen LogP contribution in [0.5, 0.6) is 0 Å². The van der Waals surface area contributed by atoms with E-state index in [9.17, 15) is 18.0 Å². The van der Waals surface area contributed by atoms with Crippen LogP contribution in [0.4, 0.5) is 5.69 Å². The van der Waals surface area contributed by atoms with Gasteiger partial charge in [0.25, 0.3) is 5.91 Å². The second-order valence-corrected chi connectivity index (χ2v) is 9.47. The summed E-state index contributed by atoms with van der Waals surface area (Å²) in [4.78, 5) is 31.3. The Morgan fingerprint density at radius 1 is 1.29 bits per heavy atom. The number of carbonyl (C=O) groups excluding carboxylic acids is 2. The number of fused-ring (bicyclic) bond motifs is 2. The fraction of sp³-hybridized carbons (Fsp3) is 0.250. The van der Waals surface area contributed by atoms with E-state index < -0.39 is 28.5 Å². The highest BCUT2D eigenvalue weighted by Gasteiger charge is 2.32. The van der Waals surface area contributed by atoms with Crippen molar-refractivity contribution >= 4 is 44.9 Å². The van der Waals surface area contributed by atoms with Gasteiger partial charge in [0, 0.05) is 17.9 Å². The van der Waals surface area contributed by atoms with E-state index in [2.05, 4.69) is 4.98 Å². The van der Waals surface area contributed by atoms with Crippen LogP contribution < -0.4 is 10.0 Å². The molecule has 0 saturated heterocycles. The molecule has 2 aromatic heterocycles. The van der Waals surface area contributed by atoms with Crippen LogP contribution >= 0.6 is 11.8 Å². The van der Waals surface area contributed by atoms with Crippen molar-refractivity contribution in [2.75, 3.05) is 17.8 Å². The fourth-order valence-corrected chi connectivity index (χ4v) is 4.84. The number of aromatic nitrogens is 2. The minimum Gasteiger partial charge on any atom is -0.451 e. The summed E-state index contributed by atoms with van der Waals surface area (Å²) >= 11 is 1.39. The van der Waals surface area contributed by atoms with Gasteiger partial charge in [-0.1, -0.05) is 17.8 Å². The summed E-state index contributed by atoms with van der Waals surface area (Å²) in [5, 5.41) is 5.83. The number of hydrogen-bond donors (Lipinski definition) is 1. The number of benzene rings is 1. The lowest BCUT2D eigenvalue weighted by Crippen LogP contribution is -2.38. The number of ether oxygens (including phenoxy) is 1. The van der Waals surface area contributed by atoms with Crippen LogP contribution in [0, 0.1) is 0 Å². The second kappa shape index (κ2) is 7.98. The SMILES string of the molecule is CSc1nc(C(=O)OCC(=O)N2c3ccc(S(N)(=O)=O)cc3CC2C)c2ccccn12. The number of thioether (sulfide) groups is 1. The number of anilines is 1. The molecule has 3 aromatic rings. The second-order valence-electron chi connectivity index (χ2n) is 7.13. The van der Waals surface area contributed by atoms with Crippen LogP contribution in [-0.4, -0.2) is 48.6 Å². The lowest BCUT2D eigenvalue weighted by molar-refractivity contribution is -0.122. The maximum Gasteiger partial charge on any atom is 0.359 e. The summed E-state index contributed by atoms with van der Waals surface area (Å²) in [6.07, 6.45) is 4.13. The van der Waals surface area contributed by atoms with Gasteiger partial charge in [-0.25, -0.2) is 23.3 Å². The highest BCUT2D eigenvalue weighted by Crippen LogP contribution is 2.33. The molecule has 1 aromatic carbocycles. The molecule has 4 rings (SSSR count). The predicted octanol–water partition coefficient (Wildman–Crippen LogP) is 1.84. The first kappa shape index (κ1) is 21.3. The fourth-order valence-electron chi connectivity index (χ4n) is 3.73. The van der Waals surface area contributed by atoms with Gasteiger partial charge in [-0.2, -0.15) is 0 Å². The van der Waals surface area contributed by atoms with Crippen LogP contribution in [-0.2, 0) is 26.0 Å². The number of nitrogens with two attached hydrogens (primary N) is 1. The third kappa shape index (κ3) is 3.91. The Kier molecular flexibility index (Phi) is 5.50. The van der Waals surface area contributed by atoms with E-state index in [0.717, 1.165) is 0 Å². The van der Waals surface area contributed by atoms with Gasteiger partial charge >= 0.3 is 5.97 Å². The zero-order valence-corrected chi connectivity index (χ0v) is 18.4. The summed E-state index contributed by atoms with van der Waals surface area (Å²) in [5.74, 6) is -1.09. The molecule has 0 radical (unpaired) electrons. The van der Waals surface area contributed by atoms with E-state index in [1.54, 1.807) is 28.8 Å². The summed E-state index contributed by atoms with van der Waals surface area (Å²) < 4.78 is 30.2. The third-order valence-electron chi connectivity index (χ3n) is 5.08. The molecule has 31 heavy (non-hydrogen) atoms. The molecule has 1 aliphatic heterocycles. The molecule has 0 spiro atoms.